The van der Waals surface area contributed by atoms with Crippen LogP contribution in [0.2, 0.25) is 0 Å². The summed E-state index contributed by atoms with van der Waals surface area (Å²) in [6.07, 6.45) is -0.816. The molecule has 2 heterocycles. The van der Waals surface area contributed by atoms with Crippen LogP contribution in [0, 0.1) is 24.7 Å². The van der Waals surface area contributed by atoms with Crippen molar-refractivity contribution in [2.24, 2.45) is 17.8 Å². The number of benzene rings is 1. The second kappa shape index (κ2) is 15.9. The number of carbonyl (C=O) groups excluding carboxylic acids is 5. The zero-order chi connectivity index (χ0) is 33.3. The fourth-order valence-corrected chi connectivity index (χ4v) is 4.29. The number of rotatable bonds is 11. The Morgan fingerprint density at radius 1 is 1.00 bits per heavy atom. The first kappa shape index (κ1) is 34.8. The van der Waals surface area contributed by atoms with E-state index in [9.17, 15) is 24.0 Å². The average Bonchev–Trinajstić information content (AvgIpc) is 3.03. The Morgan fingerprint density at radius 3 is 2.29 bits per heavy atom. The fourth-order valence-electron chi connectivity index (χ4n) is 4.29. The van der Waals surface area contributed by atoms with Gasteiger partial charge in [-0.2, -0.15) is 0 Å². The van der Waals surface area contributed by atoms with Crippen LogP contribution in [0.4, 0.5) is 0 Å². The number of nitrogens with one attached hydrogen (secondary N) is 1. The van der Waals surface area contributed by atoms with E-state index < -0.39 is 79.2 Å². The molecule has 0 saturated carbocycles. The highest BCUT2D eigenvalue weighted by molar-refractivity contribution is 5.98. The van der Waals surface area contributed by atoms with E-state index in [1.165, 1.54) is 26.3 Å². The third-order valence-electron chi connectivity index (χ3n) is 6.93. The summed E-state index contributed by atoms with van der Waals surface area (Å²) in [4.78, 5) is 68.7. The lowest BCUT2D eigenvalue weighted by Gasteiger charge is -2.29. The third kappa shape index (κ3) is 9.40. The van der Waals surface area contributed by atoms with Crippen LogP contribution in [0.25, 0.3) is 0 Å². The molecule has 1 N–H and O–H groups in total. The molecule has 2 aromatic rings. The summed E-state index contributed by atoms with van der Waals surface area (Å²) in [5.41, 5.74) is 1.52. The minimum atomic E-state index is -1.46. The molecule has 1 aliphatic rings. The lowest BCUT2D eigenvalue weighted by Crippen LogP contribution is -2.47. The average molecular weight is 629 g/mol. The maximum absolute atomic E-state index is 13.5. The van der Waals surface area contributed by atoms with Crippen LogP contribution < -0.4 is 14.8 Å². The van der Waals surface area contributed by atoms with Gasteiger partial charge in [0.1, 0.15) is 18.6 Å². The molecule has 13 nitrogen and oxygen atoms in total. The van der Waals surface area contributed by atoms with Crippen LogP contribution in [0.15, 0.2) is 36.5 Å². The lowest BCUT2D eigenvalue weighted by molar-refractivity contribution is -0.176. The Labute approximate surface area is 261 Å². The van der Waals surface area contributed by atoms with E-state index in [1.54, 1.807) is 27.7 Å². The van der Waals surface area contributed by atoms with Gasteiger partial charge in [-0.1, -0.05) is 57.5 Å². The number of hydrogen-bond acceptors (Lipinski definition) is 12. The van der Waals surface area contributed by atoms with E-state index in [-0.39, 0.29) is 23.6 Å². The number of nitrogens with zero attached hydrogens (tertiary/aromatic N) is 1. The van der Waals surface area contributed by atoms with E-state index in [4.69, 9.17) is 28.4 Å². The maximum atomic E-state index is 13.5. The Kier molecular flexibility index (Phi) is 12.3. The van der Waals surface area contributed by atoms with Crippen molar-refractivity contribution in [3.63, 3.8) is 0 Å². The van der Waals surface area contributed by atoms with Crippen LogP contribution in [0.3, 0.4) is 0 Å². The summed E-state index contributed by atoms with van der Waals surface area (Å²) in [5, 5.41) is 2.47. The quantitative estimate of drug-likeness (QED) is 0.220. The number of methoxy groups -OCH3 is 1. The second-order valence-electron chi connectivity index (χ2n) is 11.2. The zero-order valence-electron chi connectivity index (χ0n) is 26.5. The Bertz CT molecular complexity index is 1370. The molecule has 3 rings (SSSR count). The van der Waals surface area contributed by atoms with E-state index in [0.29, 0.717) is 0 Å². The number of cyclic esters (lactones) is 2. The summed E-state index contributed by atoms with van der Waals surface area (Å²) >= 11 is 0. The molecular formula is C32H40N2O11. The van der Waals surface area contributed by atoms with Crippen molar-refractivity contribution in [3.8, 4) is 11.5 Å². The van der Waals surface area contributed by atoms with Gasteiger partial charge < -0.3 is 33.7 Å². The molecule has 244 valence electrons. The van der Waals surface area contributed by atoms with Crippen molar-refractivity contribution in [3.05, 3.63) is 53.3 Å². The molecule has 0 spiro atoms. The summed E-state index contributed by atoms with van der Waals surface area (Å²) in [7, 11) is 1.34. The van der Waals surface area contributed by atoms with Gasteiger partial charge in [0.15, 0.2) is 29.3 Å². The van der Waals surface area contributed by atoms with Crippen LogP contribution in [-0.4, -0.2) is 73.5 Å². The van der Waals surface area contributed by atoms with Gasteiger partial charge in [0, 0.05) is 12.3 Å². The smallest absolute Gasteiger partial charge is 0.332 e. The van der Waals surface area contributed by atoms with Gasteiger partial charge >= 0.3 is 23.9 Å². The summed E-state index contributed by atoms with van der Waals surface area (Å²) < 4.78 is 32.7. The van der Waals surface area contributed by atoms with Gasteiger partial charge in [-0.25, -0.2) is 9.78 Å². The van der Waals surface area contributed by atoms with Gasteiger partial charge in [0.05, 0.1) is 18.9 Å². The van der Waals surface area contributed by atoms with E-state index in [1.807, 2.05) is 31.2 Å². The number of aromatic nitrogens is 1. The second-order valence-corrected chi connectivity index (χ2v) is 11.2. The van der Waals surface area contributed by atoms with Crippen LogP contribution in [-0.2, 0) is 44.5 Å². The molecule has 0 bridgehead atoms. The lowest BCUT2D eigenvalue weighted by atomic mass is 9.90. The molecule has 0 radical (unpaired) electrons. The van der Waals surface area contributed by atoms with Crippen molar-refractivity contribution >= 4 is 29.8 Å². The summed E-state index contributed by atoms with van der Waals surface area (Å²) in [6, 6.07) is 7.45. The number of aryl methyl sites for hydroxylation is 1. The number of pyridine rings is 1. The topological polar surface area (TPSA) is 166 Å². The van der Waals surface area contributed by atoms with Crippen LogP contribution in [0.1, 0.15) is 56.2 Å². The first-order valence-electron chi connectivity index (χ1n) is 14.6. The number of amides is 1. The number of hydrogen-bond donors (Lipinski definition) is 1. The fraction of sp³-hybridized carbons (Fsp3) is 0.500. The van der Waals surface area contributed by atoms with Gasteiger partial charge in [0.25, 0.3) is 5.91 Å². The van der Waals surface area contributed by atoms with Crippen molar-refractivity contribution in [2.75, 3.05) is 20.5 Å². The predicted molar refractivity (Wildman–Crippen MR) is 158 cm³/mol. The molecule has 1 aliphatic heterocycles. The van der Waals surface area contributed by atoms with Crippen molar-refractivity contribution < 1.29 is 52.4 Å². The highest BCUT2D eigenvalue weighted by atomic mass is 16.7. The van der Waals surface area contributed by atoms with E-state index >= 15 is 0 Å². The van der Waals surface area contributed by atoms with Gasteiger partial charge in [-0.15, -0.1) is 0 Å². The highest BCUT2D eigenvalue weighted by Gasteiger charge is 2.42. The van der Waals surface area contributed by atoms with Crippen LogP contribution in [0.5, 0.6) is 11.5 Å². The monoisotopic (exact) mass is 628 g/mol. The third-order valence-corrected chi connectivity index (χ3v) is 6.93. The first-order valence-corrected chi connectivity index (χ1v) is 14.6. The molecule has 0 unspecified atom stereocenters. The number of ether oxygens (including phenoxy) is 6. The maximum Gasteiger partial charge on any atom is 0.332 e. The molecule has 1 aromatic heterocycles. The summed E-state index contributed by atoms with van der Waals surface area (Å²) in [5.74, 6) is -5.62. The highest BCUT2D eigenvalue weighted by Crippen LogP contribution is 2.30. The number of esters is 4. The van der Waals surface area contributed by atoms with E-state index in [2.05, 4.69) is 10.3 Å². The van der Waals surface area contributed by atoms with Crippen molar-refractivity contribution in [1.82, 2.24) is 10.3 Å². The normalized spacial score (nSPS) is 20.2. The molecule has 1 aromatic carbocycles. The van der Waals surface area contributed by atoms with Gasteiger partial charge in [0.2, 0.25) is 6.79 Å². The minimum absolute atomic E-state index is 0.113. The summed E-state index contributed by atoms with van der Waals surface area (Å²) in [6.45, 7) is 8.92. The Morgan fingerprint density at radius 2 is 1.67 bits per heavy atom. The Hall–Kier alpha value is -4.68. The molecule has 0 aliphatic carbocycles. The van der Waals surface area contributed by atoms with Crippen molar-refractivity contribution in [1.29, 1.82) is 0 Å². The van der Waals surface area contributed by atoms with E-state index in [0.717, 1.165) is 11.1 Å². The largest absolute Gasteiger partial charge is 0.493 e. The molecule has 1 saturated heterocycles. The molecule has 13 heteroatoms. The standard InChI is InChI=1S/C32H40N2O11/c1-17(2)29(36)43-16-42-27-24(40-7)12-13-33-25(27)28(35)34-23-15-41-31(38)22(14-21-10-8-19(5)9-11-21)26(20(6)44-32(23)39)45-30(37)18(3)4/h8-13,17-18,20,22-23,26H,14-16H2,1-7H3,(H,34,35)/t20-,22+,23-,26-/m0/s1. The van der Waals surface area contributed by atoms with Crippen LogP contribution >= 0.6 is 0 Å². The minimum Gasteiger partial charge on any atom is -0.493 e. The molecule has 4 atom stereocenters. The Balaban J connectivity index is 1.86. The predicted octanol–water partition coefficient (Wildman–Crippen LogP) is 2.95. The van der Waals surface area contributed by atoms with Gasteiger partial charge in [-0.3, -0.25) is 19.2 Å². The molecule has 1 fully saturated rings. The zero-order valence-corrected chi connectivity index (χ0v) is 26.5. The van der Waals surface area contributed by atoms with Gasteiger partial charge in [-0.05, 0) is 25.8 Å². The number of carbonyl (C=O) groups is 5. The SMILES string of the molecule is COc1ccnc(C(=O)N[C@H]2COC(=O)[C@H](Cc3ccc(C)cc3)[C@@H](OC(=O)C(C)C)[C@H](C)OC2=O)c1OCOC(=O)C(C)C. The molecular weight excluding hydrogens is 588 g/mol. The molecule has 45 heavy (non-hydrogen) atoms. The molecule has 1 amide bonds. The first-order chi connectivity index (χ1) is 21.3. The van der Waals surface area contributed by atoms with Crippen molar-refractivity contribution in [2.45, 2.75) is 66.2 Å².